The molecule has 0 radical (unpaired) electrons. The summed E-state index contributed by atoms with van der Waals surface area (Å²) in [7, 11) is 0. The average molecular weight is 388 g/mol. The van der Waals surface area contributed by atoms with Crippen molar-refractivity contribution in [1.82, 2.24) is 3.11 Å². The van der Waals surface area contributed by atoms with Gasteiger partial charge in [-0.25, -0.2) is 9.40 Å². The third-order valence-electron chi connectivity index (χ3n) is 0.672. The molecule has 0 heterocycles. The predicted molar refractivity (Wildman–Crippen MR) is 58.0 cm³/mol. The number of halogens is 2. The van der Waals surface area contributed by atoms with Crippen molar-refractivity contribution in [2.24, 2.45) is 12.0 Å². The van der Waals surface area contributed by atoms with E-state index in [1.165, 1.54) is 0 Å². The molecular formula is C3H10I2N4O2. The highest BCUT2D eigenvalue weighted by molar-refractivity contribution is 14.1. The molecule has 0 aromatic carbocycles. The van der Waals surface area contributed by atoms with Crippen LogP contribution in [0, 0.1) is 0 Å². The lowest BCUT2D eigenvalue weighted by Crippen LogP contribution is -2.20. The molecule has 0 aromatic rings. The van der Waals surface area contributed by atoms with Crippen LogP contribution >= 0.6 is 42.8 Å². The van der Waals surface area contributed by atoms with Crippen LogP contribution < -0.4 is 5.73 Å². The van der Waals surface area contributed by atoms with E-state index < -0.39 is 42.8 Å². The molecule has 0 amide bonds. The van der Waals surface area contributed by atoms with Crippen LogP contribution in [0.5, 0.6) is 0 Å². The summed E-state index contributed by atoms with van der Waals surface area (Å²) >= 11 is -1.56. The molecule has 0 aromatic heterocycles. The normalized spacial score (nSPS) is 13.8. The van der Waals surface area contributed by atoms with Gasteiger partial charge in [0.2, 0.25) is 0 Å². The standard InChI is InChI=1S/C3H10I2N4O2/c6-1-9(2-7-5-11)4-8-3-10/h10H,1-3,6H2,(H,7,11). The Hall–Kier alpha value is 0.900. The van der Waals surface area contributed by atoms with Gasteiger partial charge >= 0.3 is 0 Å². The maximum Gasteiger partial charge on any atom is 0.159 e. The summed E-state index contributed by atoms with van der Waals surface area (Å²) in [4.78, 5) is 0. The van der Waals surface area contributed by atoms with Crippen LogP contribution in [0.3, 0.4) is 0 Å². The lowest BCUT2D eigenvalue weighted by atomic mass is 11.0. The zero-order valence-electron chi connectivity index (χ0n) is 5.69. The molecule has 8 heteroatoms. The summed E-state index contributed by atoms with van der Waals surface area (Å²) in [5.74, 6) is 0. The molecule has 68 valence electrons. The minimum atomic E-state index is -1.01. The molecule has 0 aliphatic heterocycles. The fourth-order valence-electron chi connectivity index (χ4n) is 0.294. The van der Waals surface area contributed by atoms with E-state index in [9.17, 15) is 0 Å². The Labute approximate surface area is 86.0 Å². The molecule has 0 spiro atoms. The van der Waals surface area contributed by atoms with Gasteiger partial charge in [-0.05, 0) is 0 Å². The summed E-state index contributed by atoms with van der Waals surface area (Å²) in [5.41, 5.74) is 5.34. The highest BCUT2D eigenvalue weighted by Gasteiger charge is 1.95. The molecule has 0 aliphatic rings. The van der Waals surface area contributed by atoms with Crippen LogP contribution in [-0.2, 0) is 0 Å². The smallest absolute Gasteiger partial charge is 0.159 e. The van der Waals surface area contributed by atoms with Gasteiger partial charge in [-0.3, -0.25) is 0 Å². The molecule has 0 atom stereocenters. The van der Waals surface area contributed by atoms with Crippen LogP contribution in [0.2, 0.25) is 0 Å². The van der Waals surface area contributed by atoms with E-state index in [2.05, 4.69) is 6.29 Å². The Morgan fingerprint density at radius 3 is 2.64 bits per heavy atom. The second kappa shape index (κ2) is 8.99. The average Bonchev–Trinajstić information content (AvgIpc) is 2.05. The summed E-state index contributed by atoms with van der Waals surface area (Å²) in [6.07, 6.45) is 0. The molecule has 0 fully saturated rings. The van der Waals surface area contributed by atoms with Crippen molar-refractivity contribution in [2.75, 3.05) is 20.1 Å². The number of rotatable bonds is 5. The molecule has 0 unspecified atom stereocenters. The number of nitrogens with two attached hydrogens (primary N) is 1. The van der Waals surface area contributed by atoms with Gasteiger partial charge in [0.05, 0.1) is 28.0 Å². The lowest BCUT2D eigenvalue weighted by Gasteiger charge is -2.07. The van der Waals surface area contributed by atoms with Gasteiger partial charge in [0.25, 0.3) is 0 Å². The topological polar surface area (TPSA) is 94.4 Å². The fourth-order valence-corrected chi connectivity index (χ4v) is 2.42. The van der Waals surface area contributed by atoms with Gasteiger partial charge in [0.15, 0.2) is 21.4 Å². The Kier molecular flexibility index (Phi) is 9.73. The second-order valence-electron chi connectivity index (χ2n) is 1.32. The zero-order chi connectivity index (χ0) is 8.53. The van der Waals surface area contributed by atoms with Gasteiger partial charge in [-0.2, -0.15) is 0 Å². The Morgan fingerprint density at radius 1 is 1.45 bits per heavy atom. The van der Waals surface area contributed by atoms with Gasteiger partial charge in [0.1, 0.15) is 13.4 Å². The Morgan fingerprint density at radius 2 is 2.18 bits per heavy atom. The van der Waals surface area contributed by atoms with E-state index in [4.69, 9.17) is 14.3 Å². The number of hydrogen-bond acceptors (Lipinski definition) is 4. The van der Waals surface area contributed by atoms with Gasteiger partial charge in [-0.1, -0.05) is 0 Å². The number of nitrogens with zero attached hydrogens (tertiary/aromatic N) is 3. The van der Waals surface area contributed by atoms with Crippen LogP contribution in [0.25, 0.3) is 0 Å². The quantitative estimate of drug-likeness (QED) is 0.358. The molecule has 4 N–H and O–H groups in total. The molecular weight excluding hydrogens is 378 g/mol. The van der Waals surface area contributed by atoms with Crippen LogP contribution in [0.1, 0.15) is 0 Å². The lowest BCUT2D eigenvalue weighted by molar-refractivity contribution is 0.313. The minimum Gasteiger partial charge on any atom is -0.374 e. The van der Waals surface area contributed by atoms with E-state index in [0.717, 1.165) is 0 Å². The third kappa shape index (κ3) is 7.27. The molecule has 6 nitrogen and oxygen atoms in total. The first-order chi connectivity index (χ1) is 5.35. The molecule has 0 rings (SSSR count). The zero-order valence-corrected chi connectivity index (χ0v) is 10.0. The van der Waals surface area contributed by atoms with Crippen molar-refractivity contribution in [3.05, 3.63) is 0 Å². The monoisotopic (exact) mass is 388 g/mol. The van der Waals surface area contributed by atoms with Crippen molar-refractivity contribution in [2.45, 2.75) is 0 Å². The Bertz CT molecular complexity index is 141. The minimum absolute atomic E-state index is 0.155. The maximum atomic E-state index is 8.44. The molecule has 0 bridgehead atoms. The fraction of sp³-hybridized carbons (Fsp3) is 1.00. The first kappa shape index (κ1) is 11.9. The summed E-state index contributed by atoms with van der Waals surface area (Å²) in [6.45, 7) is 0.666. The van der Waals surface area contributed by atoms with Crippen molar-refractivity contribution in [3.8, 4) is 0 Å². The molecule has 0 saturated carbocycles. The number of aliphatic hydroxyl groups is 1. The number of hydrogen-bond donors (Lipinski definition) is 3. The van der Waals surface area contributed by atoms with Crippen LogP contribution in [0.15, 0.2) is 6.29 Å². The second-order valence-corrected chi connectivity index (χ2v) is 4.91. The summed E-state index contributed by atoms with van der Waals surface area (Å²) < 4.78 is 17.8. The van der Waals surface area contributed by atoms with Crippen molar-refractivity contribution >= 4 is 42.8 Å². The van der Waals surface area contributed by atoms with Crippen molar-refractivity contribution < 1.29 is 8.54 Å². The first-order valence-corrected chi connectivity index (χ1v) is 6.52. The highest BCUT2D eigenvalue weighted by Crippen LogP contribution is 2.08. The van der Waals surface area contributed by atoms with Gasteiger partial charge in [0, 0.05) is 0 Å². The molecule has 0 saturated heterocycles. The van der Waals surface area contributed by atoms with Crippen LogP contribution in [-0.4, -0.2) is 31.7 Å². The molecule has 11 heavy (non-hydrogen) atoms. The van der Waals surface area contributed by atoms with E-state index >= 15 is 0 Å². The van der Waals surface area contributed by atoms with Gasteiger partial charge in [-0.15, -0.1) is 0 Å². The largest absolute Gasteiger partial charge is 0.374 e. The Balaban J connectivity index is 3.66. The van der Waals surface area contributed by atoms with Crippen molar-refractivity contribution in [3.63, 3.8) is 0 Å². The third-order valence-corrected chi connectivity index (χ3v) is 3.20. The predicted octanol–water partition coefficient (Wildman–Crippen LogP) is 0.243. The van der Waals surface area contributed by atoms with E-state index in [1.807, 2.05) is 3.11 Å². The summed E-state index contributed by atoms with van der Waals surface area (Å²) in [6, 6.07) is 0. The molecule has 0 aliphatic carbocycles. The van der Waals surface area contributed by atoms with E-state index in [-0.39, 0.29) is 6.73 Å². The van der Waals surface area contributed by atoms with Crippen LogP contribution in [0.4, 0.5) is 0 Å². The SMILES string of the molecule is NCN(CN=IO)I=NCO. The number of aliphatic hydroxyl groups excluding tert-OH is 1. The van der Waals surface area contributed by atoms with Crippen molar-refractivity contribution in [1.29, 1.82) is 0 Å². The summed E-state index contributed by atoms with van der Waals surface area (Å²) in [5, 5.41) is 8.36. The maximum absolute atomic E-state index is 8.44. The van der Waals surface area contributed by atoms with Gasteiger partial charge < -0.3 is 14.3 Å². The van der Waals surface area contributed by atoms with E-state index in [1.54, 1.807) is 0 Å². The highest BCUT2D eigenvalue weighted by atomic mass is 127. The van der Waals surface area contributed by atoms with E-state index in [0.29, 0.717) is 13.3 Å². The first-order valence-electron chi connectivity index (χ1n) is 2.67.